The van der Waals surface area contributed by atoms with Gasteiger partial charge in [0.2, 0.25) is 0 Å². The Balaban J connectivity index is 0.00000458. The van der Waals surface area contributed by atoms with E-state index in [1.54, 1.807) is 0 Å². The van der Waals surface area contributed by atoms with Crippen LogP contribution in [-0.4, -0.2) is 14.4 Å². The molecular weight excluding hydrogens is 938 g/mol. The molecule has 0 amide bonds. The summed E-state index contributed by atoms with van der Waals surface area (Å²) in [6.45, 7) is 16.1. The largest absolute Gasteiger partial charge is 2.00 e. The number of para-hydroxylation sites is 1. The maximum absolute atomic E-state index is 6.99. The molecular formula is C57H51N3OPt. The number of benzene rings is 5. The van der Waals surface area contributed by atoms with Gasteiger partial charge in [-0.15, -0.1) is 53.6 Å². The summed E-state index contributed by atoms with van der Waals surface area (Å²) in [6, 6.07) is 50.7. The molecule has 5 heterocycles. The smallest absolute Gasteiger partial charge is 0.474 e. The van der Waals surface area contributed by atoms with Crippen LogP contribution in [0.1, 0.15) is 111 Å². The molecule has 5 aromatic carbocycles. The molecule has 0 saturated heterocycles. The van der Waals surface area contributed by atoms with Gasteiger partial charge in [0.15, 0.2) is 0 Å². The van der Waals surface area contributed by atoms with Crippen molar-refractivity contribution < 1.29 is 25.5 Å². The fourth-order valence-corrected chi connectivity index (χ4v) is 10.5. The van der Waals surface area contributed by atoms with E-state index in [9.17, 15) is 0 Å². The number of rotatable bonds is 6. The van der Waals surface area contributed by atoms with Crippen LogP contribution in [0.5, 0.6) is 0 Å². The third-order valence-corrected chi connectivity index (χ3v) is 13.8. The SMILES string of the molecule is Cc1cccc(C)c1C(c1cc(C(C)(C)C)cc(-c2[c-]cccc2)n1)c1cccc(-c2[c-]ccc3oc4c5cc(C6CCC(C)(C)CC6)cc6c7ccccc7n(c65)c4c23)n1.[Pt+2]. The fourth-order valence-electron chi connectivity index (χ4n) is 10.5. The van der Waals surface area contributed by atoms with Gasteiger partial charge < -0.3 is 18.8 Å². The summed E-state index contributed by atoms with van der Waals surface area (Å²) in [5.41, 5.74) is 17.6. The molecule has 10 aromatic rings. The van der Waals surface area contributed by atoms with Crippen molar-refractivity contribution in [2.24, 2.45) is 5.41 Å². The van der Waals surface area contributed by atoms with Gasteiger partial charge >= 0.3 is 21.1 Å². The Morgan fingerprint density at radius 3 is 2.19 bits per heavy atom. The van der Waals surface area contributed by atoms with Gasteiger partial charge in [-0.3, -0.25) is 0 Å². The standard InChI is InChI=1S/C57H51N3O.Pt/c1-34-16-13-17-35(2)50(34)52(47-33-39(56(3,4)5)32-46(59-47)37-18-9-8-10-19-37)45-23-15-22-44(58-45)41-21-14-25-49-51(41)54-55(61-49)43-31-38(36-26-28-57(6,7)29-27-36)30-42-40-20-11-12-24-48(40)60(54)53(42)43;/h8-18,20,22-25,30-33,36,52H,26-29H2,1-7H3;/q-2;+2. The number of furan rings is 1. The van der Waals surface area contributed by atoms with Gasteiger partial charge in [0.1, 0.15) is 5.58 Å². The summed E-state index contributed by atoms with van der Waals surface area (Å²) in [6.07, 6.45) is 4.94. The monoisotopic (exact) mass is 988 g/mol. The summed E-state index contributed by atoms with van der Waals surface area (Å²) < 4.78 is 9.45. The first-order chi connectivity index (χ1) is 29.4. The topological polar surface area (TPSA) is 43.3 Å². The van der Waals surface area contributed by atoms with Crippen molar-refractivity contribution in [3.63, 3.8) is 0 Å². The minimum Gasteiger partial charge on any atom is -0.474 e. The maximum atomic E-state index is 6.99. The number of pyridine rings is 2. The fraction of sp³-hybridized carbons (Fsp3) is 0.263. The Labute approximate surface area is 379 Å². The first-order valence-corrected chi connectivity index (χ1v) is 22.0. The van der Waals surface area contributed by atoms with E-state index in [0.717, 1.165) is 56.0 Å². The van der Waals surface area contributed by atoms with Gasteiger partial charge in [0.25, 0.3) is 0 Å². The Morgan fingerprint density at radius 1 is 0.710 bits per heavy atom. The number of hydrogen-bond donors (Lipinski definition) is 0. The number of aryl methyl sites for hydroxylation is 2. The molecule has 0 spiro atoms. The minimum absolute atomic E-state index is 0. The van der Waals surface area contributed by atoms with E-state index in [0.29, 0.717) is 11.3 Å². The van der Waals surface area contributed by atoms with Crippen molar-refractivity contribution in [1.29, 1.82) is 0 Å². The summed E-state index contributed by atoms with van der Waals surface area (Å²) >= 11 is 0. The van der Waals surface area contributed by atoms with Gasteiger partial charge in [0, 0.05) is 27.5 Å². The molecule has 1 aliphatic rings. The number of aromatic nitrogens is 3. The van der Waals surface area contributed by atoms with Crippen molar-refractivity contribution in [2.75, 3.05) is 0 Å². The predicted octanol–water partition coefficient (Wildman–Crippen LogP) is 15.1. The van der Waals surface area contributed by atoms with Crippen LogP contribution in [0.2, 0.25) is 0 Å². The molecule has 5 heteroatoms. The molecule has 1 atom stereocenters. The second-order valence-electron chi connectivity index (χ2n) is 19.5. The van der Waals surface area contributed by atoms with Gasteiger partial charge in [-0.2, -0.15) is 0 Å². The van der Waals surface area contributed by atoms with Crippen molar-refractivity contribution in [3.05, 3.63) is 173 Å². The Bertz CT molecular complexity index is 3280. The predicted molar refractivity (Wildman–Crippen MR) is 252 cm³/mol. The second kappa shape index (κ2) is 15.1. The molecule has 4 nitrogen and oxygen atoms in total. The van der Waals surface area contributed by atoms with Crippen molar-refractivity contribution in [1.82, 2.24) is 14.4 Å². The van der Waals surface area contributed by atoms with Crippen LogP contribution in [-0.2, 0) is 26.5 Å². The molecule has 0 bridgehead atoms. The van der Waals surface area contributed by atoms with Crippen LogP contribution >= 0.6 is 0 Å². The Kier molecular flexibility index (Phi) is 9.84. The summed E-state index contributed by atoms with van der Waals surface area (Å²) in [7, 11) is 0. The molecule has 5 aromatic heterocycles. The quantitative estimate of drug-likeness (QED) is 0.156. The van der Waals surface area contributed by atoms with Crippen molar-refractivity contribution in [2.45, 2.75) is 91.4 Å². The third kappa shape index (κ3) is 6.60. The Morgan fingerprint density at radius 2 is 1.44 bits per heavy atom. The normalized spacial score (nSPS) is 15.3. The molecule has 11 rings (SSSR count). The average Bonchev–Trinajstić information content (AvgIpc) is 3.91. The average molecular weight is 989 g/mol. The minimum atomic E-state index is -0.221. The van der Waals surface area contributed by atoms with E-state index in [-0.39, 0.29) is 32.4 Å². The van der Waals surface area contributed by atoms with Gasteiger partial charge in [-0.05, 0) is 131 Å². The number of fused-ring (bicyclic) bond motifs is 8. The van der Waals surface area contributed by atoms with Crippen LogP contribution in [0.25, 0.3) is 71.8 Å². The number of nitrogens with zero attached hydrogens (tertiary/aromatic N) is 3. The first-order valence-electron chi connectivity index (χ1n) is 22.0. The molecule has 62 heavy (non-hydrogen) atoms. The van der Waals surface area contributed by atoms with Crippen LogP contribution in [0.3, 0.4) is 0 Å². The molecule has 0 aliphatic heterocycles. The van der Waals surface area contributed by atoms with E-state index in [4.69, 9.17) is 14.4 Å². The zero-order valence-electron chi connectivity index (χ0n) is 36.6. The van der Waals surface area contributed by atoms with Gasteiger partial charge in [-0.1, -0.05) is 95.3 Å². The van der Waals surface area contributed by atoms with Crippen molar-refractivity contribution >= 4 is 49.3 Å². The molecule has 1 aliphatic carbocycles. The van der Waals surface area contributed by atoms with Gasteiger partial charge in [0.05, 0.1) is 28.1 Å². The zero-order chi connectivity index (χ0) is 41.8. The molecule has 1 unspecified atom stereocenters. The van der Waals surface area contributed by atoms with E-state index < -0.39 is 0 Å². The second-order valence-corrected chi connectivity index (χ2v) is 19.5. The molecule has 1 saturated carbocycles. The first kappa shape index (κ1) is 40.5. The van der Waals surface area contributed by atoms with E-state index in [2.05, 4.69) is 168 Å². The summed E-state index contributed by atoms with van der Waals surface area (Å²) in [5, 5.41) is 4.83. The Hall–Kier alpha value is -5.57. The van der Waals surface area contributed by atoms with Crippen LogP contribution in [0.4, 0.5) is 0 Å². The molecule has 1 fully saturated rings. The van der Waals surface area contributed by atoms with Gasteiger partial charge in [-0.25, -0.2) is 0 Å². The van der Waals surface area contributed by atoms with Crippen LogP contribution in [0, 0.1) is 31.4 Å². The molecule has 0 N–H and O–H groups in total. The third-order valence-electron chi connectivity index (χ3n) is 13.8. The molecule has 0 radical (unpaired) electrons. The van der Waals surface area contributed by atoms with E-state index in [1.807, 2.05) is 18.2 Å². The van der Waals surface area contributed by atoms with E-state index in [1.165, 1.54) is 80.7 Å². The summed E-state index contributed by atoms with van der Waals surface area (Å²) in [4.78, 5) is 11.1. The van der Waals surface area contributed by atoms with Crippen molar-refractivity contribution in [3.8, 4) is 22.5 Å². The zero-order valence-corrected chi connectivity index (χ0v) is 38.9. The maximum Gasteiger partial charge on any atom is 2.00 e. The van der Waals surface area contributed by atoms with E-state index >= 15 is 0 Å². The van der Waals surface area contributed by atoms with Crippen LogP contribution in [0.15, 0.2) is 126 Å². The molecule has 310 valence electrons. The van der Waals surface area contributed by atoms with Crippen LogP contribution < -0.4 is 0 Å². The number of hydrogen-bond acceptors (Lipinski definition) is 3. The summed E-state index contributed by atoms with van der Waals surface area (Å²) in [5.74, 6) is 0.326.